The maximum Gasteiger partial charge on any atom is 0.157 e. The van der Waals surface area contributed by atoms with Gasteiger partial charge in [-0.25, -0.2) is 15.0 Å². The monoisotopic (exact) mass is 419 g/mol. The highest BCUT2D eigenvalue weighted by Gasteiger charge is 2.37. The number of H-pyrrole nitrogens is 1. The summed E-state index contributed by atoms with van der Waals surface area (Å²) in [5.74, 6) is 2.34. The Kier molecular flexibility index (Phi) is 4.86. The third-order valence-electron chi connectivity index (χ3n) is 6.35. The Morgan fingerprint density at radius 3 is 2.73 bits per heavy atom. The van der Waals surface area contributed by atoms with Crippen molar-refractivity contribution in [3.05, 3.63) is 70.2 Å². The van der Waals surface area contributed by atoms with Gasteiger partial charge in [0.2, 0.25) is 0 Å². The highest BCUT2D eigenvalue weighted by atomic mass is 35.5. The molecule has 1 fully saturated rings. The van der Waals surface area contributed by atoms with Crippen LogP contribution in [0.1, 0.15) is 56.4 Å². The van der Waals surface area contributed by atoms with Gasteiger partial charge in [-0.3, -0.25) is 0 Å². The van der Waals surface area contributed by atoms with Gasteiger partial charge in [-0.05, 0) is 68.9 Å². The van der Waals surface area contributed by atoms with Crippen LogP contribution in [0.5, 0.6) is 0 Å². The predicted molar refractivity (Wildman–Crippen MR) is 121 cm³/mol. The summed E-state index contributed by atoms with van der Waals surface area (Å²) < 4.78 is 0. The van der Waals surface area contributed by atoms with E-state index in [1.807, 2.05) is 30.6 Å². The first-order valence-electron chi connectivity index (χ1n) is 10.6. The number of rotatable bonds is 3. The fourth-order valence-corrected chi connectivity index (χ4v) is 5.09. The number of nitrogens with one attached hydrogen (secondary N) is 1. The first-order chi connectivity index (χ1) is 14.5. The number of fused-ring (bicyclic) bond motifs is 1. The Labute approximate surface area is 181 Å². The van der Waals surface area contributed by atoms with Gasteiger partial charge in [-0.15, -0.1) is 0 Å². The van der Waals surface area contributed by atoms with Crippen molar-refractivity contribution < 1.29 is 0 Å². The zero-order valence-electron chi connectivity index (χ0n) is 17.6. The van der Waals surface area contributed by atoms with Crippen molar-refractivity contribution in [1.82, 2.24) is 24.8 Å². The van der Waals surface area contributed by atoms with Crippen molar-refractivity contribution in [2.24, 2.45) is 5.92 Å². The Morgan fingerprint density at radius 2 is 1.93 bits per heavy atom. The van der Waals surface area contributed by atoms with Crippen LogP contribution in [0.15, 0.2) is 47.9 Å². The van der Waals surface area contributed by atoms with Gasteiger partial charge in [0.1, 0.15) is 5.82 Å². The summed E-state index contributed by atoms with van der Waals surface area (Å²) >= 11 is 6.29. The van der Waals surface area contributed by atoms with E-state index in [2.05, 4.69) is 46.7 Å². The number of aromatic amines is 1. The van der Waals surface area contributed by atoms with Crippen LogP contribution in [-0.4, -0.2) is 31.4 Å². The third-order valence-corrected chi connectivity index (χ3v) is 6.57. The number of nitrogens with zero attached hydrogens (tertiary/aromatic N) is 4. The van der Waals surface area contributed by atoms with E-state index in [0.29, 0.717) is 5.92 Å². The summed E-state index contributed by atoms with van der Waals surface area (Å²) in [6.07, 6.45) is 9.12. The number of likely N-dealkylation sites (tertiary alicyclic amines) is 1. The van der Waals surface area contributed by atoms with E-state index in [4.69, 9.17) is 16.6 Å². The van der Waals surface area contributed by atoms with Crippen LogP contribution < -0.4 is 0 Å². The molecule has 1 N–H and O–H groups in total. The maximum atomic E-state index is 6.29. The molecule has 2 aliphatic rings. The summed E-state index contributed by atoms with van der Waals surface area (Å²) in [6.45, 7) is 7.59. The molecule has 2 atom stereocenters. The number of imidazole rings is 1. The number of aryl methyl sites for hydroxylation is 1. The second-order valence-corrected chi connectivity index (χ2v) is 9.01. The average molecular weight is 420 g/mol. The van der Waals surface area contributed by atoms with Crippen LogP contribution in [0.4, 0.5) is 0 Å². The molecule has 6 heteroatoms. The fourth-order valence-electron chi connectivity index (χ4n) is 4.82. The van der Waals surface area contributed by atoms with Crippen LogP contribution >= 0.6 is 11.6 Å². The fraction of sp³-hybridized carbons (Fsp3) is 0.375. The van der Waals surface area contributed by atoms with Gasteiger partial charge in [-0.2, -0.15) is 0 Å². The lowest BCUT2D eigenvalue weighted by molar-refractivity contribution is 0.291. The smallest absolute Gasteiger partial charge is 0.157 e. The zero-order valence-corrected chi connectivity index (χ0v) is 18.4. The summed E-state index contributed by atoms with van der Waals surface area (Å²) in [5, 5.41) is 0.739. The van der Waals surface area contributed by atoms with Crippen molar-refractivity contribution in [1.29, 1.82) is 0 Å². The molecule has 5 rings (SSSR count). The van der Waals surface area contributed by atoms with Crippen LogP contribution in [0.25, 0.3) is 16.6 Å². The number of hydrogen-bond acceptors (Lipinski definition) is 4. The maximum absolute atomic E-state index is 6.29. The number of benzene rings is 1. The largest absolute Gasteiger partial charge is 0.361 e. The van der Waals surface area contributed by atoms with E-state index in [-0.39, 0.29) is 6.04 Å². The lowest BCUT2D eigenvalue weighted by Crippen LogP contribution is -2.27. The number of hydrogen-bond donors (Lipinski definition) is 1. The molecule has 0 spiro atoms. The molecule has 1 aliphatic carbocycles. The van der Waals surface area contributed by atoms with E-state index >= 15 is 0 Å². The first-order valence-corrected chi connectivity index (χ1v) is 11.0. The molecule has 0 unspecified atom stereocenters. The number of allylic oxidation sites excluding steroid dienone is 3. The molecule has 0 amide bonds. The minimum absolute atomic E-state index is 0.187. The minimum Gasteiger partial charge on any atom is -0.361 e. The van der Waals surface area contributed by atoms with E-state index in [1.54, 1.807) is 0 Å². The van der Waals surface area contributed by atoms with E-state index in [0.717, 1.165) is 59.1 Å². The quantitative estimate of drug-likeness (QED) is 0.578. The Balaban J connectivity index is 1.63. The molecule has 3 heterocycles. The van der Waals surface area contributed by atoms with Crippen LogP contribution in [-0.2, 0) is 0 Å². The molecule has 1 saturated heterocycles. The van der Waals surface area contributed by atoms with Gasteiger partial charge >= 0.3 is 0 Å². The zero-order chi connectivity index (χ0) is 20.8. The standard InChI is InChI=1S/C24H26ClN5/c1-14-5-6-18(23-26-8-4-9-27-23)20(11-14)30-10-7-15(2)22(30)24-28-19-13-17(25)12-16(3)21(19)29-24/h4,8-9,11-13,15,22H,5-7,10H2,1-3H3,(H,28,29)/t15-,22-/m0/s1. The normalized spacial score (nSPS) is 22.1. The van der Waals surface area contributed by atoms with Gasteiger partial charge in [0.15, 0.2) is 5.82 Å². The lowest BCUT2D eigenvalue weighted by Gasteiger charge is -2.32. The summed E-state index contributed by atoms with van der Waals surface area (Å²) in [7, 11) is 0. The van der Waals surface area contributed by atoms with Crippen molar-refractivity contribution in [2.75, 3.05) is 6.54 Å². The van der Waals surface area contributed by atoms with Crippen molar-refractivity contribution >= 4 is 28.2 Å². The molecule has 1 aliphatic heterocycles. The molecule has 3 aromatic rings. The van der Waals surface area contributed by atoms with E-state index < -0.39 is 0 Å². The van der Waals surface area contributed by atoms with Gasteiger partial charge < -0.3 is 9.88 Å². The topological polar surface area (TPSA) is 57.7 Å². The lowest BCUT2D eigenvalue weighted by atomic mass is 9.94. The Bertz CT molecular complexity index is 1160. The molecule has 0 saturated carbocycles. The van der Waals surface area contributed by atoms with Crippen molar-refractivity contribution in [3.63, 3.8) is 0 Å². The molecule has 5 nitrogen and oxygen atoms in total. The predicted octanol–water partition coefficient (Wildman–Crippen LogP) is 5.85. The van der Waals surface area contributed by atoms with Gasteiger partial charge in [0.25, 0.3) is 0 Å². The minimum atomic E-state index is 0.187. The SMILES string of the molecule is CC1=CC(N2CC[C@H](C)[C@H]2c2nc3c(C)cc(Cl)cc3[nH]2)=C(c2ncccn2)CC1. The molecule has 0 bridgehead atoms. The van der Waals surface area contributed by atoms with Crippen molar-refractivity contribution in [2.45, 2.75) is 46.1 Å². The third kappa shape index (κ3) is 3.31. The Hall–Kier alpha value is -2.66. The van der Waals surface area contributed by atoms with Gasteiger partial charge in [0.05, 0.1) is 17.1 Å². The van der Waals surface area contributed by atoms with Crippen molar-refractivity contribution in [3.8, 4) is 0 Å². The molecular weight excluding hydrogens is 394 g/mol. The second kappa shape index (κ2) is 7.55. The number of aromatic nitrogens is 4. The first kappa shape index (κ1) is 19.3. The summed E-state index contributed by atoms with van der Waals surface area (Å²) in [4.78, 5) is 20.2. The molecular formula is C24H26ClN5. The van der Waals surface area contributed by atoms with E-state index in [1.165, 1.54) is 16.8 Å². The van der Waals surface area contributed by atoms with Gasteiger partial charge in [-0.1, -0.05) is 24.1 Å². The highest BCUT2D eigenvalue weighted by molar-refractivity contribution is 6.31. The van der Waals surface area contributed by atoms with E-state index in [9.17, 15) is 0 Å². The van der Waals surface area contributed by atoms with Crippen LogP contribution in [0, 0.1) is 12.8 Å². The number of halogens is 1. The second-order valence-electron chi connectivity index (χ2n) is 8.57. The summed E-state index contributed by atoms with van der Waals surface area (Å²) in [6, 6.07) is 6.00. The molecule has 2 aromatic heterocycles. The van der Waals surface area contributed by atoms with Gasteiger partial charge in [0, 0.05) is 35.2 Å². The molecule has 1 aromatic carbocycles. The highest BCUT2D eigenvalue weighted by Crippen LogP contribution is 2.43. The Morgan fingerprint density at radius 1 is 1.13 bits per heavy atom. The van der Waals surface area contributed by atoms with Crippen LogP contribution in [0.3, 0.4) is 0 Å². The molecule has 154 valence electrons. The molecule has 30 heavy (non-hydrogen) atoms. The summed E-state index contributed by atoms with van der Waals surface area (Å²) in [5.41, 5.74) is 6.98. The van der Waals surface area contributed by atoms with Crippen LogP contribution in [0.2, 0.25) is 5.02 Å². The average Bonchev–Trinajstić information content (AvgIpc) is 3.32. The molecule has 0 radical (unpaired) electrons.